The molecule has 3 aromatic rings. The predicted molar refractivity (Wildman–Crippen MR) is 90.6 cm³/mol. The van der Waals surface area contributed by atoms with Crippen LogP contribution in [-0.4, -0.2) is 15.3 Å². The smallest absolute Gasteiger partial charge is 0.161 e. The number of aromatic nitrogens is 2. The highest BCUT2D eigenvalue weighted by Crippen LogP contribution is 2.33. The van der Waals surface area contributed by atoms with Crippen molar-refractivity contribution < 1.29 is 4.79 Å². The fraction of sp³-hybridized carbons (Fsp3) is 0.222. The first kappa shape index (κ1) is 14.8. The lowest BCUT2D eigenvalue weighted by atomic mass is 10.0. The van der Waals surface area contributed by atoms with Crippen molar-refractivity contribution in [3.05, 3.63) is 52.3 Å². The number of halogens is 1. The van der Waals surface area contributed by atoms with Gasteiger partial charge in [0, 0.05) is 41.0 Å². The highest BCUT2D eigenvalue weighted by atomic mass is 35.5. The van der Waals surface area contributed by atoms with E-state index in [-0.39, 0.29) is 5.78 Å². The second kappa shape index (κ2) is 5.25. The second-order valence-electron chi connectivity index (χ2n) is 5.62. The minimum Gasteiger partial charge on any atom is -0.351 e. The molecule has 0 bridgehead atoms. The van der Waals surface area contributed by atoms with Gasteiger partial charge in [-0.15, -0.1) is 0 Å². The molecule has 0 unspecified atom stereocenters. The van der Waals surface area contributed by atoms with E-state index in [1.54, 1.807) is 6.92 Å². The molecule has 0 radical (unpaired) electrons. The van der Waals surface area contributed by atoms with Gasteiger partial charge >= 0.3 is 0 Å². The van der Waals surface area contributed by atoms with Crippen molar-refractivity contribution in [2.45, 2.75) is 20.8 Å². The number of rotatable bonds is 2. The molecule has 0 saturated heterocycles. The zero-order valence-corrected chi connectivity index (χ0v) is 13.8. The van der Waals surface area contributed by atoms with Gasteiger partial charge in [-0.05, 0) is 44.5 Å². The molecule has 22 heavy (non-hydrogen) atoms. The number of hydrogen-bond donors (Lipinski definition) is 0. The van der Waals surface area contributed by atoms with E-state index in [1.807, 2.05) is 33.2 Å². The summed E-state index contributed by atoms with van der Waals surface area (Å²) in [5.74, 6) is -0.00513. The van der Waals surface area contributed by atoms with Crippen molar-refractivity contribution in [2.75, 3.05) is 0 Å². The number of aryl methyl sites for hydroxylation is 2. The fourth-order valence-corrected chi connectivity index (χ4v) is 3.22. The molecule has 112 valence electrons. The fourth-order valence-electron chi connectivity index (χ4n) is 2.97. The van der Waals surface area contributed by atoms with E-state index in [9.17, 15) is 4.79 Å². The number of carbonyl (C=O) groups excluding carboxylic acids is 1. The molecule has 2 heterocycles. The maximum atomic E-state index is 11.8. The van der Waals surface area contributed by atoms with Gasteiger partial charge in [-0.2, -0.15) is 0 Å². The van der Waals surface area contributed by atoms with Crippen LogP contribution < -0.4 is 0 Å². The van der Waals surface area contributed by atoms with Crippen LogP contribution in [-0.2, 0) is 7.05 Å². The molecule has 2 aromatic heterocycles. The number of Topliss-reactive ketones (excluding diaryl/α,β-unsaturated/α-hetero) is 1. The number of benzene rings is 1. The maximum Gasteiger partial charge on any atom is 0.161 e. The molecule has 0 N–H and O–H groups in total. The van der Waals surface area contributed by atoms with Crippen LogP contribution in [0.5, 0.6) is 0 Å². The zero-order chi connectivity index (χ0) is 16.0. The maximum absolute atomic E-state index is 11.8. The first-order chi connectivity index (χ1) is 10.4. The third-order valence-electron chi connectivity index (χ3n) is 4.06. The summed E-state index contributed by atoms with van der Waals surface area (Å²) in [7, 11) is 2.02. The van der Waals surface area contributed by atoms with Gasteiger partial charge in [0.1, 0.15) is 0 Å². The summed E-state index contributed by atoms with van der Waals surface area (Å²) in [5, 5.41) is 1.69. The van der Waals surface area contributed by atoms with Crippen LogP contribution in [0.15, 0.2) is 30.5 Å². The molecule has 0 atom stereocenters. The number of fused-ring (bicyclic) bond motifs is 1. The average Bonchev–Trinajstić information content (AvgIpc) is 2.83. The van der Waals surface area contributed by atoms with Crippen molar-refractivity contribution in [3.63, 3.8) is 0 Å². The second-order valence-corrected chi connectivity index (χ2v) is 5.99. The normalized spacial score (nSPS) is 11.1. The molecule has 0 fully saturated rings. The average molecular weight is 313 g/mol. The first-order valence-corrected chi connectivity index (χ1v) is 7.51. The highest BCUT2D eigenvalue weighted by molar-refractivity contribution is 6.34. The van der Waals surface area contributed by atoms with Gasteiger partial charge in [0.15, 0.2) is 5.78 Å². The van der Waals surface area contributed by atoms with Crippen LogP contribution in [0.2, 0.25) is 5.02 Å². The lowest BCUT2D eigenvalue weighted by Crippen LogP contribution is -2.05. The summed E-state index contributed by atoms with van der Waals surface area (Å²) >= 11 is 6.49. The van der Waals surface area contributed by atoms with E-state index < -0.39 is 0 Å². The Kier molecular flexibility index (Phi) is 3.53. The Morgan fingerprint density at radius 1 is 1.23 bits per heavy atom. The Labute approximate surface area is 134 Å². The summed E-state index contributed by atoms with van der Waals surface area (Å²) in [6, 6.07) is 8.22. The Balaban J connectivity index is 2.24. The van der Waals surface area contributed by atoms with E-state index >= 15 is 0 Å². The molecule has 3 rings (SSSR count). The van der Waals surface area contributed by atoms with E-state index in [4.69, 9.17) is 11.6 Å². The molecule has 4 heteroatoms. The van der Waals surface area contributed by atoms with Crippen molar-refractivity contribution >= 4 is 28.3 Å². The van der Waals surface area contributed by atoms with Gasteiger partial charge in [-0.25, -0.2) is 0 Å². The van der Waals surface area contributed by atoms with E-state index in [0.717, 1.165) is 33.4 Å². The summed E-state index contributed by atoms with van der Waals surface area (Å²) in [6.45, 7) is 5.27. The lowest BCUT2D eigenvalue weighted by Gasteiger charge is -2.13. The number of hydrogen-bond acceptors (Lipinski definition) is 2. The van der Waals surface area contributed by atoms with Crippen LogP contribution in [0.3, 0.4) is 0 Å². The van der Waals surface area contributed by atoms with Crippen LogP contribution in [0.25, 0.3) is 22.2 Å². The Morgan fingerprint density at radius 3 is 2.64 bits per heavy atom. The SMILES string of the molecule is CC(=O)c1c(C)nc(-c2ccc3c(ccn3C)c2)c(Cl)c1C. The summed E-state index contributed by atoms with van der Waals surface area (Å²) in [4.78, 5) is 16.3. The summed E-state index contributed by atoms with van der Waals surface area (Å²) in [5.41, 5.74) is 4.99. The number of pyridine rings is 1. The van der Waals surface area contributed by atoms with Crippen LogP contribution in [0, 0.1) is 13.8 Å². The Bertz CT molecular complexity index is 909. The largest absolute Gasteiger partial charge is 0.351 e. The number of ketones is 1. The van der Waals surface area contributed by atoms with E-state index in [1.165, 1.54) is 0 Å². The number of carbonyl (C=O) groups is 1. The van der Waals surface area contributed by atoms with Gasteiger partial charge in [-0.3, -0.25) is 9.78 Å². The van der Waals surface area contributed by atoms with Crippen molar-refractivity contribution in [3.8, 4) is 11.3 Å². The van der Waals surface area contributed by atoms with Gasteiger partial charge in [0.2, 0.25) is 0 Å². The van der Waals surface area contributed by atoms with E-state index in [0.29, 0.717) is 10.6 Å². The first-order valence-electron chi connectivity index (χ1n) is 7.13. The summed E-state index contributed by atoms with van der Waals surface area (Å²) in [6.07, 6.45) is 2.03. The van der Waals surface area contributed by atoms with Gasteiger partial charge in [0.05, 0.1) is 10.7 Å². The molecule has 1 aromatic carbocycles. The Hall–Kier alpha value is -2.13. The number of nitrogens with zero attached hydrogens (tertiary/aromatic N) is 2. The van der Waals surface area contributed by atoms with E-state index in [2.05, 4.69) is 27.8 Å². The molecule has 0 amide bonds. The highest BCUT2D eigenvalue weighted by Gasteiger charge is 2.17. The Morgan fingerprint density at radius 2 is 1.95 bits per heavy atom. The molecule has 3 nitrogen and oxygen atoms in total. The predicted octanol–water partition coefficient (Wildman–Crippen LogP) is 4.71. The van der Waals surface area contributed by atoms with Crippen molar-refractivity contribution in [1.82, 2.24) is 9.55 Å². The zero-order valence-electron chi connectivity index (χ0n) is 13.1. The minimum absolute atomic E-state index is 0.00513. The molecular weight excluding hydrogens is 296 g/mol. The van der Waals surface area contributed by atoms with Crippen LogP contribution in [0.1, 0.15) is 28.5 Å². The minimum atomic E-state index is -0.00513. The lowest BCUT2D eigenvalue weighted by molar-refractivity contribution is 0.101. The van der Waals surface area contributed by atoms with Crippen LogP contribution in [0.4, 0.5) is 0 Å². The molecule has 0 saturated carbocycles. The standard InChI is InChI=1S/C18H17ClN2O/c1-10-16(12(3)22)11(2)20-18(17(10)19)14-5-6-15-13(9-14)7-8-21(15)4/h5-9H,1-4H3. The van der Waals surface area contributed by atoms with Crippen LogP contribution >= 0.6 is 11.6 Å². The monoisotopic (exact) mass is 312 g/mol. The molecule has 0 aliphatic heterocycles. The van der Waals surface area contributed by atoms with Crippen molar-refractivity contribution in [1.29, 1.82) is 0 Å². The topological polar surface area (TPSA) is 34.9 Å². The van der Waals surface area contributed by atoms with Gasteiger partial charge < -0.3 is 4.57 Å². The molecular formula is C18H17ClN2O. The molecule has 0 spiro atoms. The van der Waals surface area contributed by atoms with Crippen molar-refractivity contribution in [2.24, 2.45) is 7.05 Å². The third-order valence-corrected chi connectivity index (χ3v) is 4.53. The summed E-state index contributed by atoms with van der Waals surface area (Å²) < 4.78 is 2.07. The molecule has 0 aliphatic carbocycles. The third kappa shape index (κ3) is 2.22. The molecule has 0 aliphatic rings. The quantitative estimate of drug-likeness (QED) is 0.642. The van der Waals surface area contributed by atoms with Gasteiger partial charge in [-0.1, -0.05) is 17.7 Å². The van der Waals surface area contributed by atoms with Gasteiger partial charge in [0.25, 0.3) is 0 Å².